The zero-order valence-corrected chi connectivity index (χ0v) is 15.1. The van der Waals surface area contributed by atoms with Gasteiger partial charge in [-0.05, 0) is 30.2 Å². The summed E-state index contributed by atoms with van der Waals surface area (Å²) in [5.41, 5.74) is 0. The molecule has 0 aromatic rings. The van der Waals surface area contributed by atoms with Crippen molar-refractivity contribution in [2.24, 2.45) is 5.92 Å². The van der Waals surface area contributed by atoms with Crippen molar-refractivity contribution >= 4 is 26.8 Å². The predicted molar refractivity (Wildman–Crippen MR) is 89.2 cm³/mol. The molecule has 1 saturated carbocycles. The van der Waals surface area contributed by atoms with E-state index in [1.807, 2.05) is 6.92 Å². The van der Waals surface area contributed by atoms with Crippen LogP contribution >= 0.6 is 0 Å². The van der Waals surface area contributed by atoms with Crippen LogP contribution in [0.15, 0.2) is 0 Å². The summed E-state index contributed by atoms with van der Waals surface area (Å²) in [6.45, 7) is 3.59. The Morgan fingerprint density at radius 3 is 2.27 bits per heavy atom. The topological polar surface area (TPSA) is 83.5 Å². The number of carbonyl (C=O) groups excluding carboxylic acids is 1. The number of ether oxygens (including phenoxy) is 1. The maximum atomic E-state index is 11.9. The van der Waals surface area contributed by atoms with Crippen molar-refractivity contribution in [2.45, 2.75) is 45.4 Å². The van der Waals surface area contributed by atoms with Crippen molar-refractivity contribution in [1.82, 2.24) is 0 Å². The average molecular weight is 353 g/mol. The lowest BCUT2D eigenvalue weighted by Crippen LogP contribution is -2.33. The lowest BCUT2D eigenvalue weighted by Gasteiger charge is -2.15. The summed E-state index contributed by atoms with van der Waals surface area (Å²) in [5, 5.41) is 0. The lowest BCUT2D eigenvalue weighted by atomic mass is 10.0. The van der Waals surface area contributed by atoms with E-state index in [1.54, 1.807) is 0 Å². The Morgan fingerprint density at radius 1 is 1.23 bits per heavy atom. The van der Waals surface area contributed by atoms with Crippen LogP contribution in [0.1, 0.15) is 45.4 Å². The number of carbonyl (C=O) groups is 1. The molecule has 1 aliphatic carbocycles. The molecule has 0 aromatic heterocycles. The molecule has 0 atom stereocenters. The summed E-state index contributed by atoms with van der Waals surface area (Å²) in [7, 11) is -3.58. The summed E-state index contributed by atoms with van der Waals surface area (Å²) in [6, 6.07) is 0. The van der Waals surface area contributed by atoms with Gasteiger partial charge in [-0.2, -0.15) is 0 Å². The molecule has 0 aromatic carbocycles. The van der Waals surface area contributed by atoms with Crippen molar-refractivity contribution in [1.29, 1.82) is 0 Å². The highest BCUT2D eigenvalue weighted by atomic mass is 32.2. The molecular formula is C15H28O5S2. The molecule has 0 N–H and O–H groups in total. The molecule has 2 aliphatic rings. The number of ketones is 1. The third kappa shape index (κ3) is 9.12. The molecule has 22 heavy (non-hydrogen) atoms. The third-order valence-electron chi connectivity index (χ3n) is 3.94. The van der Waals surface area contributed by atoms with E-state index >= 15 is 0 Å². The molecule has 1 heterocycles. The van der Waals surface area contributed by atoms with E-state index in [0.29, 0.717) is 29.0 Å². The average Bonchev–Trinajstić information content (AvgIpc) is 3.00. The molecule has 2 rings (SSSR count). The third-order valence-corrected chi connectivity index (χ3v) is 6.91. The van der Waals surface area contributed by atoms with Crippen molar-refractivity contribution in [3.05, 3.63) is 0 Å². The molecule has 5 nitrogen and oxygen atoms in total. The van der Waals surface area contributed by atoms with E-state index in [-0.39, 0.29) is 5.75 Å². The molecule has 1 saturated heterocycles. The van der Waals surface area contributed by atoms with Crippen LogP contribution in [0.3, 0.4) is 0 Å². The lowest BCUT2D eigenvalue weighted by molar-refractivity contribution is -0.120. The second-order valence-electron chi connectivity index (χ2n) is 5.84. The van der Waals surface area contributed by atoms with Crippen LogP contribution in [-0.2, 0) is 30.5 Å². The number of rotatable bonds is 6. The number of hydrogen-bond donors (Lipinski definition) is 0. The summed E-state index contributed by atoms with van der Waals surface area (Å²) in [5.74, 6) is 3.85. The first kappa shape index (κ1) is 19.9. The molecule has 2 fully saturated rings. The minimum atomic E-state index is -3.94. The van der Waals surface area contributed by atoms with Crippen molar-refractivity contribution < 1.29 is 22.5 Å². The number of hydrogen-bond acceptors (Lipinski definition) is 5. The van der Waals surface area contributed by atoms with E-state index < -0.39 is 10.1 Å². The highest BCUT2D eigenvalue weighted by Gasteiger charge is 2.30. The summed E-state index contributed by atoms with van der Waals surface area (Å²) >= 11 is 0. The van der Waals surface area contributed by atoms with Gasteiger partial charge in [0.05, 0.1) is 23.3 Å². The Labute approximate surface area is 137 Å². The van der Waals surface area contributed by atoms with Gasteiger partial charge in [0.25, 0.3) is 0 Å². The van der Waals surface area contributed by atoms with Crippen LogP contribution in [-0.4, -0.2) is 55.0 Å². The van der Waals surface area contributed by atoms with Gasteiger partial charge in [-0.15, -0.1) is 0 Å². The second kappa shape index (κ2) is 10.6. The van der Waals surface area contributed by atoms with E-state index in [2.05, 4.69) is 0 Å². The van der Waals surface area contributed by atoms with Gasteiger partial charge < -0.3 is 9.29 Å². The Hall–Kier alpha value is -0.110. The Morgan fingerprint density at radius 2 is 1.82 bits per heavy atom. The van der Waals surface area contributed by atoms with Gasteiger partial charge in [-0.1, -0.05) is 26.2 Å². The molecule has 0 amide bonds. The molecule has 0 spiro atoms. The van der Waals surface area contributed by atoms with E-state index in [1.165, 1.54) is 12.8 Å². The quantitative estimate of drug-likeness (QED) is 0.537. The van der Waals surface area contributed by atoms with Crippen molar-refractivity contribution in [3.8, 4) is 0 Å². The SMILES string of the molecule is CCCCS(=O)(=O)[O-].O=C(C[S+]1CCOCC1)C1CCCC1. The number of Topliss-reactive ketones (excluding diaryl/α,β-unsaturated/α-hetero) is 1. The number of unbranched alkanes of at least 4 members (excludes halogenated alkanes) is 1. The van der Waals surface area contributed by atoms with E-state index in [0.717, 1.165) is 49.7 Å². The van der Waals surface area contributed by atoms with Gasteiger partial charge in [-0.25, -0.2) is 8.42 Å². The molecule has 0 unspecified atom stereocenters. The maximum Gasteiger partial charge on any atom is 0.184 e. The van der Waals surface area contributed by atoms with Gasteiger partial charge in [0.2, 0.25) is 0 Å². The normalized spacial score (nSPS) is 20.5. The van der Waals surface area contributed by atoms with E-state index in [4.69, 9.17) is 4.74 Å². The highest BCUT2D eigenvalue weighted by molar-refractivity contribution is 7.97. The van der Waals surface area contributed by atoms with E-state index in [9.17, 15) is 17.8 Å². The fraction of sp³-hybridized carbons (Fsp3) is 0.933. The standard InChI is InChI=1S/C11H19O2S.C4H10O3S/c12-11(10-3-1-2-4-10)9-14-7-5-13-6-8-14;1-2-3-4-8(5,6)7/h10H,1-9H2;2-4H2,1H3,(H,5,6,7)/q+1;/p-1. The molecule has 1 aliphatic heterocycles. The first-order chi connectivity index (χ1) is 10.4. The minimum Gasteiger partial charge on any atom is -0.748 e. The summed E-state index contributed by atoms with van der Waals surface area (Å²) in [4.78, 5) is 11.9. The van der Waals surface area contributed by atoms with Gasteiger partial charge in [-0.3, -0.25) is 4.79 Å². The fourth-order valence-corrected chi connectivity index (χ4v) is 5.07. The summed E-state index contributed by atoms with van der Waals surface area (Å²) < 4.78 is 34.8. The molecular weight excluding hydrogens is 324 g/mol. The molecule has 0 radical (unpaired) electrons. The first-order valence-electron chi connectivity index (χ1n) is 8.10. The van der Waals surface area contributed by atoms with Gasteiger partial charge in [0.1, 0.15) is 11.5 Å². The van der Waals surface area contributed by atoms with Crippen LogP contribution in [0.25, 0.3) is 0 Å². The van der Waals surface area contributed by atoms with Crippen LogP contribution in [0.2, 0.25) is 0 Å². The van der Waals surface area contributed by atoms with Gasteiger partial charge in [0, 0.05) is 11.7 Å². The van der Waals surface area contributed by atoms with Crippen molar-refractivity contribution in [2.75, 3.05) is 36.2 Å². The van der Waals surface area contributed by atoms with Gasteiger partial charge in [0.15, 0.2) is 11.5 Å². The molecule has 7 heteroatoms. The zero-order chi connectivity index (χ0) is 16.4. The molecule has 130 valence electrons. The predicted octanol–water partition coefficient (Wildman–Crippen LogP) is 1.73. The maximum absolute atomic E-state index is 11.9. The Kier molecular flexibility index (Phi) is 9.63. The first-order valence-corrected chi connectivity index (χ1v) is 11.4. The van der Waals surface area contributed by atoms with Gasteiger partial charge >= 0.3 is 0 Å². The largest absolute Gasteiger partial charge is 0.748 e. The smallest absolute Gasteiger partial charge is 0.184 e. The molecule has 0 bridgehead atoms. The second-order valence-corrected chi connectivity index (χ2v) is 9.69. The monoisotopic (exact) mass is 352 g/mol. The highest BCUT2D eigenvalue weighted by Crippen LogP contribution is 2.26. The Bertz CT molecular complexity index is 410. The Balaban J connectivity index is 0.000000261. The zero-order valence-electron chi connectivity index (χ0n) is 13.4. The van der Waals surface area contributed by atoms with Crippen LogP contribution in [0, 0.1) is 5.92 Å². The minimum absolute atomic E-state index is 0.219. The van der Waals surface area contributed by atoms with Crippen molar-refractivity contribution in [3.63, 3.8) is 0 Å². The van der Waals surface area contributed by atoms with Crippen LogP contribution < -0.4 is 0 Å². The summed E-state index contributed by atoms with van der Waals surface area (Å²) in [6.07, 6.45) is 6.09. The van der Waals surface area contributed by atoms with Crippen LogP contribution in [0.5, 0.6) is 0 Å². The van der Waals surface area contributed by atoms with Crippen LogP contribution in [0.4, 0.5) is 0 Å². The fourth-order valence-electron chi connectivity index (χ4n) is 2.59.